The Balaban J connectivity index is 2.01. The third kappa shape index (κ3) is 5.57. The summed E-state index contributed by atoms with van der Waals surface area (Å²) >= 11 is 2.50. The van der Waals surface area contributed by atoms with Crippen molar-refractivity contribution in [3.8, 4) is 0 Å². The molecular weight excluding hydrogens is 338 g/mol. The summed E-state index contributed by atoms with van der Waals surface area (Å²) in [7, 11) is 0. The molecule has 0 bridgehead atoms. The summed E-state index contributed by atoms with van der Waals surface area (Å²) in [5, 5.41) is 19.2. The zero-order valence-corrected chi connectivity index (χ0v) is 14.0. The fourth-order valence-electron chi connectivity index (χ4n) is 1.95. The van der Waals surface area contributed by atoms with Crippen molar-refractivity contribution >= 4 is 28.3 Å². The van der Waals surface area contributed by atoms with Crippen molar-refractivity contribution in [1.82, 2.24) is 15.7 Å². The van der Waals surface area contributed by atoms with Crippen LogP contribution in [0.1, 0.15) is 22.2 Å². The molecule has 7 nitrogen and oxygen atoms in total. The van der Waals surface area contributed by atoms with Gasteiger partial charge in [-0.3, -0.25) is 15.2 Å². The Morgan fingerprint density at radius 1 is 1.43 bits per heavy atom. The number of aromatic nitrogens is 1. The first-order chi connectivity index (χ1) is 11.1. The first kappa shape index (κ1) is 17.9. The first-order valence-corrected chi connectivity index (χ1v) is 8.63. The molecule has 1 atom stereocenters. The third-order valence-corrected chi connectivity index (χ3v) is 4.71. The number of hydrogen-bond acceptors (Lipinski definition) is 8. The number of nitrogens with zero attached hydrogens (tertiary/aromatic N) is 2. The normalized spacial score (nSPS) is 12.3. The minimum Gasteiger partial charge on any atom is -0.335 e. The van der Waals surface area contributed by atoms with E-state index in [0.29, 0.717) is 0 Å². The Morgan fingerprint density at radius 3 is 2.78 bits per heavy atom. The third-order valence-electron chi connectivity index (χ3n) is 2.96. The van der Waals surface area contributed by atoms with Crippen LogP contribution in [-0.4, -0.2) is 38.4 Å². The Labute approximate surface area is 141 Å². The maximum Gasteiger partial charge on any atom is 0.279 e. The van der Waals surface area contributed by atoms with Crippen LogP contribution < -0.4 is 5.32 Å². The predicted octanol–water partition coefficient (Wildman–Crippen LogP) is 3.00. The fraction of sp³-hybridized carbons (Fsp3) is 0.286. The molecule has 0 aliphatic heterocycles. The smallest absolute Gasteiger partial charge is 0.279 e. The summed E-state index contributed by atoms with van der Waals surface area (Å²) in [5.74, 6) is 0.284. The number of nitrogens with one attached hydrogen (secondary N) is 1. The summed E-state index contributed by atoms with van der Waals surface area (Å²) in [6, 6.07) is 9.40. The lowest BCUT2D eigenvalue weighted by Gasteiger charge is -2.18. The molecule has 23 heavy (non-hydrogen) atoms. The van der Waals surface area contributed by atoms with Gasteiger partial charge in [0, 0.05) is 5.75 Å². The molecule has 1 aromatic carbocycles. The van der Waals surface area contributed by atoms with E-state index in [1.54, 1.807) is 5.51 Å². The Bertz CT molecular complexity index is 621. The molecule has 1 heterocycles. The highest BCUT2D eigenvalue weighted by Gasteiger charge is 2.20. The van der Waals surface area contributed by atoms with Gasteiger partial charge in [0.25, 0.3) is 5.24 Å². The van der Waals surface area contributed by atoms with Crippen LogP contribution in [0.25, 0.3) is 0 Å². The molecule has 1 unspecified atom stereocenters. The molecular formula is C14H17N3O4S2. The van der Waals surface area contributed by atoms with Crippen LogP contribution >= 0.6 is 23.1 Å². The number of rotatable bonds is 7. The lowest BCUT2D eigenvalue weighted by Crippen LogP contribution is -2.26. The number of carbonyl (C=O) groups is 1. The number of hydrogen-bond donors (Lipinski definition) is 3. The number of benzene rings is 1. The summed E-state index contributed by atoms with van der Waals surface area (Å²) in [6.07, 6.45) is 0. The Hall–Kier alpha value is -1.49. The van der Waals surface area contributed by atoms with Crippen LogP contribution in [0.15, 0.2) is 35.8 Å². The standard InChI is InChI=1S/C14H17N3O4S2/c1-10-13(23-9-15-10)12(11-5-3-2-4-6-11)16-14(18)22-8-7-21-17(19)20/h2-6,9,12,19-20H,7-8H2,1H3,(H,16,18). The highest BCUT2D eigenvalue weighted by atomic mass is 32.2. The van der Waals surface area contributed by atoms with Gasteiger partial charge in [-0.05, 0) is 12.5 Å². The summed E-state index contributed by atoms with van der Waals surface area (Å²) in [4.78, 5) is 21.8. The van der Waals surface area contributed by atoms with Crippen molar-refractivity contribution in [2.75, 3.05) is 12.4 Å². The summed E-state index contributed by atoms with van der Waals surface area (Å²) < 4.78 is 0. The topological polar surface area (TPSA) is 94.9 Å². The summed E-state index contributed by atoms with van der Waals surface area (Å²) in [5.41, 5.74) is 3.61. The van der Waals surface area contributed by atoms with Crippen molar-refractivity contribution in [2.45, 2.75) is 13.0 Å². The van der Waals surface area contributed by atoms with E-state index in [2.05, 4.69) is 15.1 Å². The van der Waals surface area contributed by atoms with E-state index in [1.165, 1.54) is 11.3 Å². The zero-order valence-electron chi connectivity index (χ0n) is 12.4. The van der Waals surface area contributed by atoms with E-state index in [1.807, 2.05) is 37.3 Å². The van der Waals surface area contributed by atoms with Gasteiger partial charge >= 0.3 is 0 Å². The molecule has 2 aromatic rings. The van der Waals surface area contributed by atoms with Crippen molar-refractivity contribution in [2.24, 2.45) is 0 Å². The maximum absolute atomic E-state index is 12.1. The number of carbonyl (C=O) groups excluding carboxylic acids is 1. The van der Waals surface area contributed by atoms with Gasteiger partial charge in [0.05, 0.1) is 34.1 Å². The molecule has 3 N–H and O–H groups in total. The number of thioether (sulfide) groups is 1. The van der Waals surface area contributed by atoms with Gasteiger partial charge in [-0.2, -0.15) is 0 Å². The number of amides is 1. The zero-order chi connectivity index (χ0) is 16.7. The SMILES string of the molecule is Cc1ncsc1C(NC(=O)SCCON(O)O)c1ccccc1. The number of thiazole rings is 1. The molecule has 2 rings (SSSR count). The van der Waals surface area contributed by atoms with Gasteiger partial charge in [0.15, 0.2) is 0 Å². The average molecular weight is 355 g/mol. The van der Waals surface area contributed by atoms with Crippen molar-refractivity contribution in [1.29, 1.82) is 0 Å². The average Bonchev–Trinajstić information content (AvgIpc) is 2.96. The second-order valence-electron chi connectivity index (χ2n) is 4.51. The lowest BCUT2D eigenvalue weighted by molar-refractivity contribution is -0.490. The van der Waals surface area contributed by atoms with E-state index in [9.17, 15) is 4.79 Å². The predicted molar refractivity (Wildman–Crippen MR) is 87.5 cm³/mol. The van der Waals surface area contributed by atoms with Crippen LogP contribution in [0.4, 0.5) is 4.79 Å². The molecule has 124 valence electrons. The van der Waals surface area contributed by atoms with Gasteiger partial charge in [0.2, 0.25) is 0 Å². The minimum atomic E-state index is -0.369. The molecule has 0 saturated heterocycles. The molecule has 0 saturated carbocycles. The Morgan fingerprint density at radius 2 is 2.17 bits per heavy atom. The maximum atomic E-state index is 12.1. The highest BCUT2D eigenvalue weighted by Crippen LogP contribution is 2.28. The second kappa shape index (κ2) is 8.96. The second-order valence-corrected chi connectivity index (χ2v) is 6.47. The van der Waals surface area contributed by atoms with Gasteiger partial charge in [0.1, 0.15) is 0 Å². The van der Waals surface area contributed by atoms with Crippen molar-refractivity contribution in [3.05, 3.63) is 52.0 Å². The fourth-order valence-corrected chi connectivity index (χ4v) is 3.37. The van der Waals surface area contributed by atoms with E-state index in [-0.39, 0.29) is 29.0 Å². The van der Waals surface area contributed by atoms with Crippen LogP contribution in [-0.2, 0) is 4.84 Å². The molecule has 0 spiro atoms. The lowest BCUT2D eigenvalue weighted by atomic mass is 10.0. The molecule has 0 aliphatic rings. The van der Waals surface area contributed by atoms with Gasteiger partial charge in [-0.1, -0.05) is 42.1 Å². The van der Waals surface area contributed by atoms with Crippen LogP contribution in [0.3, 0.4) is 0 Å². The van der Waals surface area contributed by atoms with Crippen molar-refractivity contribution < 1.29 is 20.0 Å². The first-order valence-electron chi connectivity index (χ1n) is 6.77. The molecule has 1 amide bonds. The molecule has 9 heteroatoms. The van der Waals surface area contributed by atoms with Crippen LogP contribution in [0.5, 0.6) is 0 Å². The van der Waals surface area contributed by atoms with E-state index < -0.39 is 0 Å². The minimum absolute atomic E-state index is 0.000670. The van der Waals surface area contributed by atoms with E-state index in [0.717, 1.165) is 27.9 Å². The monoisotopic (exact) mass is 355 g/mol. The van der Waals surface area contributed by atoms with Gasteiger partial charge < -0.3 is 5.32 Å². The molecule has 1 aromatic heterocycles. The molecule has 0 radical (unpaired) electrons. The van der Waals surface area contributed by atoms with E-state index >= 15 is 0 Å². The highest BCUT2D eigenvalue weighted by molar-refractivity contribution is 8.13. The Kier molecular flexibility index (Phi) is 6.96. The van der Waals surface area contributed by atoms with Crippen LogP contribution in [0, 0.1) is 6.92 Å². The quantitative estimate of drug-likeness (QED) is 0.519. The van der Waals surface area contributed by atoms with Crippen LogP contribution in [0.2, 0.25) is 0 Å². The summed E-state index contributed by atoms with van der Waals surface area (Å²) in [6.45, 7) is 1.91. The van der Waals surface area contributed by atoms with E-state index in [4.69, 9.17) is 10.4 Å². The number of aryl methyl sites for hydroxylation is 1. The van der Waals surface area contributed by atoms with Crippen molar-refractivity contribution in [3.63, 3.8) is 0 Å². The largest absolute Gasteiger partial charge is 0.335 e. The molecule has 0 fully saturated rings. The van der Waals surface area contributed by atoms with Gasteiger partial charge in [-0.25, -0.2) is 9.82 Å². The molecule has 0 aliphatic carbocycles. The van der Waals surface area contributed by atoms with Gasteiger partial charge in [-0.15, -0.1) is 11.3 Å².